The molecule has 0 saturated carbocycles. The number of hydrogen-bond donors (Lipinski definition) is 3. The summed E-state index contributed by atoms with van der Waals surface area (Å²) < 4.78 is 41.6. The van der Waals surface area contributed by atoms with Crippen LogP contribution in [0.3, 0.4) is 0 Å². The number of nitrogens with zero attached hydrogens (tertiary/aromatic N) is 1. The minimum atomic E-state index is -4.05. The van der Waals surface area contributed by atoms with E-state index in [0.29, 0.717) is 12.6 Å². The van der Waals surface area contributed by atoms with E-state index < -0.39 is 15.8 Å². The van der Waals surface area contributed by atoms with Gasteiger partial charge in [0.2, 0.25) is 0 Å². The van der Waals surface area contributed by atoms with E-state index in [4.69, 9.17) is 0 Å². The monoisotopic (exact) mass is 496 g/mol. The first-order valence-corrected chi connectivity index (χ1v) is 13.0. The van der Waals surface area contributed by atoms with Crippen LogP contribution in [0.25, 0.3) is 0 Å². The van der Waals surface area contributed by atoms with Crippen molar-refractivity contribution in [3.63, 3.8) is 0 Å². The summed E-state index contributed by atoms with van der Waals surface area (Å²) in [5.41, 5.74) is 8.02. The number of benzene rings is 3. The highest BCUT2D eigenvalue weighted by Gasteiger charge is 2.25. The molecule has 0 bridgehead atoms. The second-order valence-corrected chi connectivity index (χ2v) is 10.3. The summed E-state index contributed by atoms with van der Waals surface area (Å²) in [7, 11) is -2.35. The van der Waals surface area contributed by atoms with Crippen molar-refractivity contribution in [1.29, 1.82) is 0 Å². The Kier molecular flexibility index (Phi) is 7.80. The van der Waals surface area contributed by atoms with Crippen LogP contribution in [-0.4, -0.2) is 38.9 Å². The molecule has 4 rings (SSSR count). The van der Waals surface area contributed by atoms with Gasteiger partial charge in [-0.05, 0) is 55.2 Å². The molecule has 1 saturated heterocycles. The Balaban J connectivity index is 1.31. The minimum Gasteiger partial charge on any atom is -0.342 e. The minimum absolute atomic E-state index is 0.104. The number of amides is 1. The fourth-order valence-corrected chi connectivity index (χ4v) is 5.27. The molecule has 0 spiro atoms. The quantitative estimate of drug-likeness (QED) is 0.415. The molecule has 3 aromatic carbocycles. The molecule has 2 atom stereocenters. The Hall–Kier alpha value is -3.27. The van der Waals surface area contributed by atoms with E-state index in [1.54, 1.807) is 18.0 Å². The first-order chi connectivity index (χ1) is 16.8. The molecular weight excluding hydrogens is 467 g/mol. The molecule has 7 nitrogen and oxygen atoms in total. The zero-order valence-corrected chi connectivity index (χ0v) is 20.3. The van der Waals surface area contributed by atoms with Gasteiger partial charge in [-0.1, -0.05) is 48.5 Å². The lowest BCUT2D eigenvalue weighted by Crippen LogP contribution is -2.32. The predicted molar refractivity (Wildman–Crippen MR) is 134 cm³/mol. The normalized spacial score (nSPS) is 17.8. The number of nitrogens with one attached hydrogen (secondary N) is 3. The number of sulfonamides is 1. The number of hydrogen-bond acceptors (Lipinski definition) is 5. The van der Waals surface area contributed by atoms with E-state index in [1.165, 1.54) is 48.0 Å². The van der Waals surface area contributed by atoms with Crippen molar-refractivity contribution < 1.29 is 17.6 Å². The summed E-state index contributed by atoms with van der Waals surface area (Å²) in [6.07, 6.45) is 2.67. The zero-order valence-electron chi connectivity index (χ0n) is 19.4. The highest BCUT2D eigenvalue weighted by atomic mass is 32.2. The van der Waals surface area contributed by atoms with Crippen molar-refractivity contribution in [3.05, 3.63) is 95.8 Å². The van der Waals surface area contributed by atoms with Crippen molar-refractivity contribution in [2.45, 2.75) is 36.2 Å². The van der Waals surface area contributed by atoms with Crippen LogP contribution in [0.15, 0.2) is 83.8 Å². The van der Waals surface area contributed by atoms with Gasteiger partial charge in [0, 0.05) is 31.2 Å². The number of anilines is 1. The first-order valence-electron chi connectivity index (χ1n) is 11.5. The van der Waals surface area contributed by atoms with Crippen LogP contribution in [-0.2, 0) is 10.0 Å². The SMILES string of the molecule is CN(CCCC1CC(c2ccccc2)NN1)C(=O)c1cccc(S(=O)(=O)Nc2ccccc2F)c1. The maximum absolute atomic E-state index is 13.9. The largest absolute Gasteiger partial charge is 0.342 e. The van der Waals surface area contributed by atoms with E-state index in [1.807, 2.05) is 18.2 Å². The maximum atomic E-state index is 13.9. The van der Waals surface area contributed by atoms with E-state index in [0.717, 1.165) is 19.3 Å². The first kappa shape index (κ1) is 24.8. The highest BCUT2D eigenvalue weighted by molar-refractivity contribution is 7.92. The number of carbonyl (C=O) groups excluding carboxylic acids is 1. The third-order valence-electron chi connectivity index (χ3n) is 6.09. The van der Waals surface area contributed by atoms with Crippen LogP contribution in [0.2, 0.25) is 0 Å². The van der Waals surface area contributed by atoms with Gasteiger partial charge in [-0.25, -0.2) is 12.8 Å². The summed E-state index contributed by atoms with van der Waals surface area (Å²) in [5, 5.41) is 0. The van der Waals surface area contributed by atoms with Crippen molar-refractivity contribution >= 4 is 21.6 Å². The van der Waals surface area contributed by atoms with E-state index in [-0.39, 0.29) is 28.1 Å². The lowest BCUT2D eigenvalue weighted by Gasteiger charge is -2.19. The second-order valence-electron chi connectivity index (χ2n) is 8.67. The number of hydrazine groups is 1. The Labute approximate surface area is 205 Å². The van der Waals surface area contributed by atoms with Gasteiger partial charge in [0.1, 0.15) is 5.82 Å². The number of rotatable bonds is 9. The molecule has 1 aliphatic rings. The van der Waals surface area contributed by atoms with E-state index >= 15 is 0 Å². The number of para-hydroxylation sites is 1. The molecule has 35 heavy (non-hydrogen) atoms. The topological polar surface area (TPSA) is 90.5 Å². The van der Waals surface area contributed by atoms with Gasteiger partial charge in [-0.15, -0.1) is 0 Å². The van der Waals surface area contributed by atoms with Gasteiger partial charge >= 0.3 is 0 Å². The Bertz CT molecular complexity index is 1270. The summed E-state index contributed by atoms with van der Waals surface area (Å²) in [5.74, 6) is -0.947. The molecule has 3 aromatic rings. The highest BCUT2D eigenvalue weighted by Crippen LogP contribution is 2.24. The molecule has 1 fully saturated rings. The Morgan fingerprint density at radius 2 is 1.77 bits per heavy atom. The van der Waals surface area contributed by atoms with E-state index in [9.17, 15) is 17.6 Å². The molecule has 1 heterocycles. The molecule has 0 aromatic heterocycles. The standard InChI is InChI=1S/C26H29FN4O3S/c1-31(16-8-12-21-18-25(29-28-21)19-9-3-2-4-10-19)26(32)20-11-7-13-22(17-20)35(33,34)30-24-15-6-5-14-23(24)27/h2-7,9-11,13-15,17,21,25,28-30H,8,12,16,18H2,1H3. The summed E-state index contributed by atoms with van der Waals surface area (Å²) in [6, 6.07) is 22.1. The smallest absolute Gasteiger partial charge is 0.262 e. The number of halogens is 1. The zero-order chi connectivity index (χ0) is 24.8. The third-order valence-corrected chi connectivity index (χ3v) is 7.45. The van der Waals surface area contributed by atoms with Crippen molar-refractivity contribution in [1.82, 2.24) is 15.8 Å². The lowest BCUT2D eigenvalue weighted by molar-refractivity contribution is 0.0791. The Morgan fingerprint density at radius 1 is 1.03 bits per heavy atom. The second kappa shape index (κ2) is 11.0. The van der Waals surface area contributed by atoms with Gasteiger partial charge in [-0.2, -0.15) is 0 Å². The van der Waals surface area contributed by atoms with Crippen molar-refractivity contribution in [3.8, 4) is 0 Å². The average molecular weight is 497 g/mol. The molecular formula is C26H29FN4O3S. The average Bonchev–Trinajstić information content (AvgIpc) is 3.34. The van der Waals surface area contributed by atoms with Gasteiger partial charge in [0.25, 0.3) is 15.9 Å². The van der Waals surface area contributed by atoms with Gasteiger partial charge in [0.05, 0.1) is 10.6 Å². The van der Waals surface area contributed by atoms with Gasteiger partial charge < -0.3 is 4.90 Å². The third kappa shape index (κ3) is 6.25. The predicted octanol–water partition coefficient (Wildman–Crippen LogP) is 4.09. The molecule has 1 amide bonds. The molecule has 9 heteroatoms. The lowest BCUT2D eigenvalue weighted by atomic mass is 10.00. The number of carbonyl (C=O) groups is 1. The fourth-order valence-electron chi connectivity index (χ4n) is 4.16. The molecule has 184 valence electrons. The van der Waals surface area contributed by atoms with Gasteiger partial charge in [-0.3, -0.25) is 20.4 Å². The van der Waals surface area contributed by atoms with Gasteiger partial charge in [0.15, 0.2) is 0 Å². The maximum Gasteiger partial charge on any atom is 0.262 e. The van der Waals surface area contributed by atoms with Crippen LogP contribution in [0.4, 0.5) is 10.1 Å². The van der Waals surface area contributed by atoms with Crippen LogP contribution >= 0.6 is 0 Å². The summed E-state index contributed by atoms with van der Waals surface area (Å²) in [4.78, 5) is 14.4. The van der Waals surface area contributed by atoms with Crippen LogP contribution in [0.5, 0.6) is 0 Å². The summed E-state index contributed by atoms with van der Waals surface area (Å²) in [6.45, 7) is 0.539. The summed E-state index contributed by atoms with van der Waals surface area (Å²) >= 11 is 0. The van der Waals surface area contributed by atoms with Crippen LogP contribution in [0.1, 0.15) is 41.2 Å². The molecule has 0 aliphatic carbocycles. The van der Waals surface area contributed by atoms with Crippen LogP contribution in [0, 0.1) is 5.82 Å². The van der Waals surface area contributed by atoms with Crippen molar-refractivity contribution in [2.24, 2.45) is 0 Å². The van der Waals surface area contributed by atoms with Crippen LogP contribution < -0.4 is 15.6 Å². The molecule has 0 radical (unpaired) electrons. The molecule has 1 aliphatic heterocycles. The van der Waals surface area contributed by atoms with E-state index in [2.05, 4.69) is 27.7 Å². The molecule has 2 unspecified atom stereocenters. The fraction of sp³-hybridized carbons (Fsp3) is 0.269. The Morgan fingerprint density at radius 3 is 2.54 bits per heavy atom. The molecule has 3 N–H and O–H groups in total. The van der Waals surface area contributed by atoms with Crippen molar-refractivity contribution in [2.75, 3.05) is 18.3 Å².